The van der Waals surface area contributed by atoms with E-state index >= 15 is 0 Å². The number of morpholine rings is 1. The molecule has 1 aliphatic rings. The molecule has 1 N–H and O–H groups in total. The second-order valence-corrected chi connectivity index (χ2v) is 6.54. The molecule has 0 spiro atoms. The van der Waals surface area contributed by atoms with E-state index in [0.717, 1.165) is 5.56 Å². The molecule has 3 aromatic rings. The minimum Gasteiger partial charge on any atom is -0.378 e. The maximum atomic E-state index is 12.9. The van der Waals surface area contributed by atoms with Gasteiger partial charge < -0.3 is 15.0 Å². The lowest BCUT2D eigenvalue weighted by atomic mass is 10.2. The van der Waals surface area contributed by atoms with Gasteiger partial charge in [-0.25, -0.2) is 9.97 Å². The first-order valence-electron chi connectivity index (χ1n) is 9.31. The Bertz CT molecular complexity index is 1040. The zero-order valence-corrected chi connectivity index (χ0v) is 15.7. The number of nitrogens with zero attached hydrogens (tertiary/aromatic N) is 4. The first kappa shape index (κ1) is 18.6. The van der Waals surface area contributed by atoms with Crippen LogP contribution in [0.15, 0.2) is 60.7 Å². The van der Waals surface area contributed by atoms with Crippen molar-refractivity contribution in [3.8, 4) is 17.5 Å². The van der Waals surface area contributed by atoms with Crippen LogP contribution in [0.5, 0.6) is 0 Å². The van der Waals surface area contributed by atoms with E-state index in [4.69, 9.17) is 10.00 Å². The zero-order valence-electron chi connectivity index (χ0n) is 15.7. The number of ether oxygens (including phenoxy) is 1. The van der Waals surface area contributed by atoms with Crippen LogP contribution in [-0.4, -0.2) is 42.2 Å². The fourth-order valence-electron chi connectivity index (χ4n) is 3.04. The first-order valence-corrected chi connectivity index (χ1v) is 9.31. The summed E-state index contributed by atoms with van der Waals surface area (Å²) < 4.78 is 5.42. The number of anilines is 2. The van der Waals surface area contributed by atoms with Crippen LogP contribution in [0.1, 0.15) is 16.1 Å². The van der Waals surface area contributed by atoms with Crippen LogP contribution < -0.4 is 10.2 Å². The molecule has 29 heavy (non-hydrogen) atoms. The molecular weight excluding hydrogens is 366 g/mol. The maximum absolute atomic E-state index is 12.9. The van der Waals surface area contributed by atoms with Gasteiger partial charge in [0, 0.05) is 30.4 Å². The lowest BCUT2D eigenvalue weighted by Crippen LogP contribution is -2.37. The third kappa shape index (κ3) is 4.39. The van der Waals surface area contributed by atoms with Crippen LogP contribution in [0.3, 0.4) is 0 Å². The van der Waals surface area contributed by atoms with Gasteiger partial charge >= 0.3 is 0 Å². The Morgan fingerprint density at radius 1 is 1.03 bits per heavy atom. The van der Waals surface area contributed by atoms with Crippen molar-refractivity contribution in [2.24, 2.45) is 0 Å². The Hall–Kier alpha value is -3.76. The van der Waals surface area contributed by atoms with Gasteiger partial charge in [0.05, 0.1) is 24.8 Å². The van der Waals surface area contributed by atoms with E-state index in [1.807, 2.05) is 30.3 Å². The molecule has 2 heterocycles. The van der Waals surface area contributed by atoms with E-state index in [2.05, 4.69) is 26.3 Å². The van der Waals surface area contributed by atoms with Crippen LogP contribution in [0.4, 0.5) is 11.5 Å². The van der Waals surface area contributed by atoms with Gasteiger partial charge in [-0.1, -0.05) is 30.3 Å². The van der Waals surface area contributed by atoms with Crippen molar-refractivity contribution in [1.29, 1.82) is 5.26 Å². The molecule has 0 saturated carbocycles. The Kier molecular flexibility index (Phi) is 5.45. The van der Waals surface area contributed by atoms with E-state index in [9.17, 15) is 4.79 Å². The summed E-state index contributed by atoms with van der Waals surface area (Å²) in [5.74, 6) is 0.871. The van der Waals surface area contributed by atoms with Gasteiger partial charge in [-0.2, -0.15) is 5.26 Å². The molecular formula is C22H19N5O2. The summed E-state index contributed by atoms with van der Waals surface area (Å²) >= 11 is 0. The molecule has 1 saturated heterocycles. The Labute approximate surface area is 168 Å². The van der Waals surface area contributed by atoms with E-state index in [1.165, 1.54) is 0 Å². The van der Waals surface area contributed by atoms with E-state index in [1.54, 1.807) is 30.3 Å². The first-order chi connectivity index (χ1) is 14.2. The largest absolute Gasteiger partial charge is 0.378 e. The number of amides is 1. The molecule has 1 fully saturated rings. The summed E-state index contributed by atoms with van der Waals surface area (Å²) in [5, 5.41) is 11.8. The third-order valence-electron chi connectivity index (χ3n) is 4.58. The average Bonchev–Trinajstić information content (AvgIpc) is 2.80. The van der Waals surface area contributed by atoms with Gasteiger partial charge in [0.25, 0.3) is 5.91 Å². The number of benzene rings is 2. The molecule has 0 atom stereocenters. The molecule has 1 aliphatic heterocycles. The van der Waals surface area contributed by atoms with E-state index in [0.29, 0.717) is 49.2 Å². The van der Waals surface area contributed by atoms with Gasteiger partial charge in [0.2, 0.25) is 0 Å². The van der Waals surface area contributed by atoms with Crippen molar-refractivity contribution in [1.82, 2.24) is 9.97 Å². The fourth-order valence-corrected chi connectivity index (χ4v) is 3.04. The number of carbonyl (C=O) groups excluding carboxylic acids is 1. The maximum Gasteiger partial charge on any atom is 0.274 e. The highest BCUT2D eigenvalue weighted by atomic mass is 16.5. The Balaban J connectivity index is 1.67. The normalized spacial score (nSPS) is 13.6. The van der Waals surface area contributed by atoms with Crippen molar-refractivity contribution in [3.63, 3.8) is 0 Å². The third-order valence-corrected chi connectivity index (χ3v) is 4.58. The van der Waals surface area contributed by atoms with Crippen LogP contribution >= 0.6 is 0 Å². The molecule has 0 radical (unpaired) electrons. The summed E-state index contributed by atoms with van der Waals surface area (Å²) in [6.45, 7) is 2.67. The van der Waals surface area contributed by atoms with Crippen LogP contribution in [0.25, 0.3) is 11.4 Å². The predicted octanol–water partition coefficient (Wildman–Crippen LogP) is 3.10. The van der Waals surface area contributed by atoms with Gasteiger partial charge in [-0.05, 0) is 24.3 Å². The predicted molar refractivity (Wildman–Crippen MR) is 110 cm³/mol. The number of nitrogens with one attached hydrogen (secondary N) is 1. The number of aromatic nitrogens is 2. The smallest absolute Gasteiger partial charge is 0.274 e. The highest BCUT2D eigenvalue weighted by molar-refractivity contribution is 6.03. The molecule has 144 valence electrons. The number of hydrogen-bond donors (Lipinski definition) is 1. The van der Waals surface area contributed by atoms with Gasteiger partial charge in [-0.3, -0.25) is 4.79 Å². The summed E-state index contributed by atoms with van der Waals surface area (Å²) in [4.78, 5) is 24.1. The number of carbonyl (C=O) groups is 1. The lowest BCUT2D eigenvalue weighted by Gasteiger charge is -2.28. The molecule has 0 bridgehead atoms. The molecule has 1 amide bonds. The van der Waals surface area contributed by atoms with Crippen molar-refractivity contribution in [2.45, 2.75) is 0 Å². The molecule has 7 nitrogen and oxygen atoms in total. The fraction of sp³-hybridized carbons (Fsp3) is 0.182. The van der Waals surface area contributed by atoms with Crippen LogP contribution in [0, 0.1) is 11.3 Å². The zero-order chi connectivity index (χ0) is 20.1. The standard InChI is InChI=1S/C22H19N5O2/c23-15-16-6-8-18(9-7-16)24-22(28)19-14-20(27-10-12-29-13-11-27)26-21(25-19)17-4-2-1-3-5-17/h1-9,14H,10-13H2,(H,24,28). The topological polar surface area (TPSA) is 91.1 Å². The van der Waals surface area contributed by atoms with Crippen molar-refractivity contribution < 1.29 is 9.53 Å². The summed E-state index contributed by atoms with van der Waals surface area (Å²) in [6.07, 6.45) is 0. The summed E-state index contributed by atoms with van der Waals surface area (Å²) in [5.41, 5.74) is 2.26. The minimum absolute atomic E-state index is 0.282. The second kappa shape index (κ2) is 8.50. The number of hydrogen-bond acceptors (Lipinski definition) is 6. The Morgan fingerprint density at radius 2 is 1.76 bits per heavy atom. The molecule has 0 aliphatic carbocycles. The lowest BCUT2D eigenvalue weighted by molar-refractivity contribution is 0.102. The Morgan fingerprint density at radius 3 is 2.45 bits per heavy atom. The van der Waals surface area contributed by atoms with E-state index < -0.39 is 0 Å². The van der Waals surface area contributed by atoms with Crippen molar-refractivity contribution >= 4 is 17.4 Å². The molecule has 7 heteroatoms. The second-order valence-electron chi connectivity index (χ2n) is 6.54. The molecule has 4 rings (SSSR count). The van der Waals surface area contributed by atoms with Crippen molar-refractivity contribution in [2.75, 3.05) is 36.5 Å². The van der Waals surface area contributed by atoms with Crippen LogP contribution in [0.2, 0.25) is 0 Å². The number of nitriles is 1. The highest BCUT2D eigenvalue weighted by Crippen LogP contribution is 2.22. The average molecular weight is 385 g/mol. The minimum atomic E-state index is -0.330. The SMILES string of the molecule is N#Cc1ccc(NC(=O)c2cc(N3CCOCC3)nc(-c3ccccc3)n2)cc1. The van der Waals surface area contributed by atoms with E-state index in [-0.39, 0.29) is 11.6 Å². The molecule has 0 unspecified atom stereocenters. The van der Waals surface area contributed by atoms with Gasteiger partial charge in [-0.15, -0.1) is 0 Å². The van der Waals surface area contributed by atoms with Gasteiger partial charge in [0.15, 0.2) is 5.82 Å². The summed E-state index contributed by atoms with van der Waals surface area (Å²) in [7, 11) is 0. The monoisotopic (exact) mass is 385 g/mol. The summed E-state index contributed by atoms with van der Waals surface area (Å²) in [6, 6.07) is 20.1. The quantitative estimate of drug-likeness (QED) is 0.742. The van der Waals surface area contributed by atoms with Crippen LogP contribution in [-0.2, 0) is 4.74 Å². The highest BCUT2D eigenvalue weighted by Gasteiger charge is 2.18. The number of rotatable bonds is 4. The van der Waals surface area contributed by atoms with Gasteiger partial charge in [0.1, 0.15) is 11.5 Å². The molecule has 1 aromatic heterocycles. The van der Waals surface area contributed by atoms with Crippen molar-refractivity contribution in [3.05, 3.63) is 71.9 Å². The molecule has 2 aromatic carbocycles.